The van der Waals surface area contributed by atoms with E-state index in [1.165, 1.54) is 4.90 Å². The molecule has 152 valence electrons. The van der Waals surface area contributed by atoms with E-state index < -0.39 is 11.5 Å². The summed E-state index contributed by atoms with van der Waals surface area (Å²) < 4.78 is 11.1. The zero-order valence-electron chi connectivity index (χ0n) is 18.0. The quantitative estimate of drug-likeness (QED) is 0.752. The van der Waals surface area contributed by atoms with E-state index in [-0.39, 0.29) is 11.5 Å². The number of rotatable bonds is 6. The van der Waals surface area contributed by atoms with Crippen molar-refractivity contribution in [1.29, 1.82) is 0 Å². The summed E-state index contributed by atoms with van der Waals surface area (Å²) in [6, 6.07) is 7.26. The molecule has 0 aliphatic heterocycles. The fraction of sp³-hybridized carbons (Fsp3) is 0.619. The highest BCUT2D eigenvalue weighted by molar-refractivity contribution is 5.81. The Bertz CT molecular complexity index is 627. The van der Waals surface area contributed by atoms with Crippen molar-refractivity contribution in [3.63, 3.8) is 0 Å². The molecule has 0 aromatic heterocycles. The van der Waals surface area contributed by atoms with Crippen LogP contribution >= 0.6 is 0 Å². The lowest BCUT2D eigenvalue weighted by Crippen LogP contribution is -2.42. The number of carbonyl (C=O) groups is 2. The van der Waals surface area contributed by atoms with Gasteiger partial charge in [-0.25, -0.2) is 4.79 Å². The number of likely N-dealkylation sites (N-methyl/N-ethyl adjacent to an activating group) is 2. The van der Waals surface area contributed by atoms with Crippen molar-refractivity contribution in [3.8, 4) is 5.75 Å². The van der Waals surface area contributed by atoms with Gasteiger partial charge in [0.25, 0.3) is 0 Å². The van der Waals surface area contributed by atoms with Crippen LogP contribution in [0, 0.1) is 5.41 Å². The van der Waals surface area contributed by atoms with Crippen LogP contribution in [-0.2, 0) is 16.1 Å². The van der Waals surface area contributed by atoms with E-state index in [0.29, 0.717) is 25.4 Å². The third kappa shape index (κ3) is 8.43. The summed E-state index contributed by atoms with van der Waals surface area (Å²) in [5.41, 5.74) is 0.377. The summed E-state index contributed by atoms with van der Waals surface area (Å²) in [4.78, 5) is 27.5. The van der Waals surface area contributed by atoms with Gasteiger partial charge < -0.3 is 19.3 Å². The zero-order chi connectivity index (χ0) is 20.8. The Kier molecular flexibility index (Phi) is 7.84. The molecule has 0 aliphatic carbocycles. The Balaban J connectivity index is 2.50. The van der Waals surface area contributed by atoms with Crippen molar-refractivity contribution < 1.29 is 19.1 Å². The summed E-state index contributed by atoms with van der Waals surface area (Å²) >= 11 is 0. The number of hydrogen-bond acceptors (Lipinski definition) is 4. The second-order valence-corrected chi connectivity index (χ2v) is 8.81. The maximum atomic E-state index is 12.2. The maximum absolute atomic E-state index is 12.2. The summed E-state index contributed by atoms with van der Waals surface area (Å²) in [6.07, 6.45) is -0.453. The molecular formula is C21H34N2O4. The molecule has 0 saturated heterocycles. The molecule has 0 N–H and O–H groups in total. The van der Waals surface area contributed by atoms with E-state index >= 15 is 0 Å². The third-order valence-electron chi connectivity index (χ3n) is 3.87. The van der Waals surface area contributed by atoms with Crippen molar-refractivity contribution in [2.24, 2.45) is 5.41 Å². The van der Waals surface area contributed by atoms with Crippen molar-refractivity contribution >= 4 is 12.0 Å². The van der Waals surface area contributed by atoms with E-state index in [2.05, 4.69) is 0 Å². The number of amides is 2. The van der Waals surface area contributed by atoms with E-state index in [0.717, 1.165) is 5.56 Å². The molecule has 0 unspecified atom stereocenters. The Morgan fingerprint density at radius 2 is 1.41 bits per heavy atom. The lowest BCUT2D eigenvalue weighted by molar-refractivity contribution is -0.138. The van der Waals surface area contributed by atoms with E-state index in [4.69, 9.17) is 9.47 Å². The Morgan fingerprint density at radius 3 is 1.89 bits per heavy atom. The molecular weight excluding hydrogens is 344 g/mol. The van der Waals surface area contributed by atoms with Gasteiger partial charge in [-0.1, -0.05) is 32.9 Å². The molecule has 1 aromatic carbocycles. The predicted octanol–water partition coefficient (Wildman–Crippen LogP) is 3.94. The van der Waals surface area contributed by atoms with Crippen molar-refractivity contribution in [2.75, 3.05) is 27.2 Å². The highest BCUT2D eigenvalue weighted by Crippen LogP contribution is 2.17. The smallest absolute Gasteiger partial charge is 0.410 e. The minimum Gasteiger partial charge on any atom is -0.410 e. The van der Waals surface area contributed by atoms with Crippen LogP contribution in [-0.4, -0.2) is 54.6 Å². The molecule has 27 heavy (non-hydrogen) atoms. The highest BCUT2D eigenvalue weighted by Gasteiger charge is 2.25. The van der Waals surface area contributed by atoms with Gasteiger partial charge in [0.05, 0.1) is 12.2 Å². The SMILES string of the molecule is CN(CCN(C)C(=O)C(C)(C)C)C(=O)Oc1ccc(COC(C)(C)C)cc1. The fourth-order valence-electron chi connectivity index (χ4n) is 2.20. The monoisotopic (exact) mass is 378 g/mol. The standard InChI is InChI=1S/C21H34N2O4/c1-20(2,3)18(24)22(7)13-14-23(8)19(25)27-17-11-9-16(10-12-17)15-26-21(4,5)6/h9-12H,13-15H2,1-8H3. The third-order valence-corrected chi connectivity index (χ3v) is 3.87. The van der Waals surface area contributed by atoms with Crippen LogP contribution in [0.5, 0.6) is 5.75 Å². The lowest BCUT2D eigenvalue weighted by Gasteiger charge is -2.27. The molecule has 0 aliphatic rings. The van der Waals surface area contributed by atoms with Crippen LogP contribution in [0.15, 0.2) is 24.3 Å². The van der Waals surface area contributed by atoms with Crippen molar-refractivity contribution in [1.82, 2.24) is 9.80 Å². The van der Waals surface area contributed by atoms with Gasteiger partial charge in [0.15, 0.2) is 0 Å². The molecule has 0 spiro atoms. The number of ether oxygens (including phenoxy) is 2. The predicted molar refractivity (Wildman–Crippen MR) is 107 cm³/mol. The fourth-order valence-corrected chi connectivity index (χ4v) is 2.20. The lowest BCUT2D eigenvalue weighted by atomic mass is 9.95. The van der Waals surface area contributed by atoms with Crippen LogP contribution in [0.4, 0.5) is 4.79 Å². The molecule has 0 atom stereocenters. The maximum Gasteiger partial charge on any atom is 0.415 e. The number of hydrogen-bond donors (Lipinski definition) is 0. The average Bonchev–Trinajstić information content (AvgIpc) is 2.56. The van der Waals surface area contributed by atoms with Crippen molar-refractivity contribution in [2.45, 2.75) is 53.8 Å². The summed E-state index contributed by atoms with van der Waals surface area (Å²) in [7, 11) is 3.40. The first-order chi connectivity index (χ1) is 12.3. The van der Waals surface area contributed by atoms with Crippen LogP contribution in [0.1, 0.15) is 47.1 Å². The molecule has 0 radical (unpaired) electrons. The minimum absolute atomic E-state index is 0.0392. The van der Waals surface area contributed by atoms with Gasteiger partial charge in [0, 0.05) is 32.6 Å². The first-order valence-corrected chi connectivity index (χ1v) is 9.21. The van der Waals surface area contributed by atoms with E-state index in [9.17, 15) is 9.59 Å². The number of benzene rings is 1. The minimum atomic E-state index is -0.453. The first kappa shape index (κ1) is 23.0. The topological polar surface area (TPSA) is 59.1 Å². The van der Waals surface area contributed by atoms with Crippen LogP contribution < -0.4 is 4.74 Å². The van der Waals surface area contributed by atoms with Gasteiger partial charge in [-0.3, -0.25) is 4.79 Å². The molecule has 0 fully saturated rings. The van der Waals surface area contributed by atoms with Crippen LogP contribution in [0.2, 0.25) is 0 Å². The average molecular weight is 379 g/mol. The molecule has 6 nitrogen and oxygen atoms in total. The van der Waals surface area contributed by atoms with Gasteiger partial charge in [-0.15, -0.1) is 0 Å². The Morgan fingerprint density at radius 1 is 0.889 bits per heavy atom. The Labute approximate surface area is 163 Å². The molecule has 0 bridgehead atoms. The van der Waals surface area contributed by atoms with Crippen molar-refractivity contribution in [3.05, 3.63) is 29.8 Å². The van der Waals surface area contributed by atoms with Gasteiger partial charge in [-0.2, -0.15) is 0 Å². The highest BCUT2D eigenvalue weighted by atomic mass is 16.6. The van der Waals surface area contributed by atoms with Gasteiger partial charge in [0.2, 0.25) is 5.91 Å². The molecule has 0 heterocycles. The largest absolute Gasteiger partial charge is 0.415 e. The molecule has 2 amide bonds. The summed E-state index contributed by atoms with van der Waals surface area (Å²) in [5.74, 6) is 0.516. The van der Waals surface area contributed by atoms with E-state index in [1.54, 1.807) is 31.1 Å². The normalized spacial score (nSPS) is 11.9. The summed E-state index contributed by atoms with van der Waals surface area (Å²) in [5, 5.41) is 0. The van der Waals surface area contributed by atoms with Gasteiger partial charge in [0.1, 0.15) is 5.75 Å². The van der Waals surface area contributed by atoms with Crippen LogP contribution in [0.3, 0.4) is 0 Å². The van der Waals surface area contributed by atoms with E-state index in [1.807, 2.05) is 53.7 Å². The first-order valence-electron chi connectivity index (χ1n) is 9.21. The number of nitrogens with zero attached hydrogens (tertiary/aromatic N) is 2. The summed E-state index contributed by atoms with van der Waals surface area (Å²) in [6.45, 7) is 13.0. The zero-order valence-corrected chi connectivity index (χ0v) is 18.0. The van der Waals surface area contributed by atoms with Gasteiger partial charge in [-0.05, 0) is 38.5 Å². The molecule has 6 heteroatoms. The Hall–Kier alpha value is -2.08. The number of carbonyl (C=O) groups excluding carboxylic acids is 2. The molecule has 1 rings (SSSR count). The second kappa shape index (κ2) is 9.22. The molecule has 0 saturated carbocycles. The molecule has 1 aromatic rings. The second-order valence-electron chi connectivity index (χ2n) is 8.81. The van der Waals surface area contributed by atoms with Crippen LogP contribution in [0.25, 0.3) is 0 Å². The van der Waals surface area contributed by atoms with Gasteiger partial charge >= 0.3 is 6.09 Å².